The SMILES string of the molecule is CC12CCC3c4ccc(O)cc4CCC3C1CCC2O.CCCCCNC. The number of fused-ring (bicyclic) bond motifs is 5. The van der Waals surface area contributed by atoms with Crippen LogP contribution in [0.5, 0.6) is 5.75 Å². The summed E-state index contributed by atoms with van der Waals surface area (Å²) in [6, 6.07) is 5.96. The summed E-state index contributed by atoms with van der Waals surface area (Å²) < 4.78 is 0. The number of benzene rings is 1. The summed E-state index contributed by atoms with van der Waals surface area (Å²) in [6.45, 7) is 5.71. The number of hydrogen-bond donors (Lipinski definition) is 3. The molecule has 3 nitrogen and oxygen atoms in total. The van der Waals surface area contributed by atoms with E-state index in [2.05, 4.69) is 25.2 Å². The number of phenolic OH excluding ortho intramolecular Hbond substituents is 1. The van der Waals surface area contributed by atoms with Crippen LogP contribution in [0.25, 0.3) is 0 Å². The van der Waals surface area contributed by atoms with E-state index in [-0.39, 0.29) is 11.5 Å². The average molecular weight is 374 g/mol. The van der Waals surface area contributed by atoms with Gasteiger partial charge in [0.2, 0.25) is 0 Å². The third-order valence-electron chi connectivity index (χ3n) is 7.69. The van der Waals surface area contributed by atoms with Crippen molar-refractivity contribution in [3.05, 3.63) is 29.3 Å². The van der Waals surface area contributed by atoms with E-state index < -0.39 is 0 Å². The number of unbranched alkanes of at least 4 members (excludes halogenated alkanes) is 2. The molecule has 0 amide bonds. The Morgan fingerprint density at radius 2 is 1.96 bits per heavy atom. The van der Waals surface area contributed by atoms with Gasteiger partial charge in [-0.2, -0.15) is 0 Å². The Bertz CT molecular complexity index is 612. The molecule has 3 N–H and O–H groups in total. The van der Waals surface area contributed by atoms with Crippen LogP contribution >= 0.6 is 0 Å². The molecule has 3 aliphatic carbocycles. The minimum atomic E-state index is -0.0883. The Balaban J connectivity index is 0.000000260. The van der Waals surface area contributed by atoms with Gasteiger partial charge in [0.25, 0.3) is 0 Å². The highest BCUT2D eigenvalue weighted by atomic mass is 16.3. The topological polar surface area (TPSA) is 52.5 Å². The Kier molecular flexibility index (Phi) is 6.86. The van der Waals surface area contributed by atoms with E-state index in [9.17, 15) is 10.2 Å². The van der Waals surface area contributed by atoms with Crippen molar-refractivity contribution in [1.29, 1.82) is 0 Å². The smallest absolute Gasteiger partial charge is 0.115 e. The monoisotopic (exact) mass is 373 g/mol. The number of aryl methyl sites for hydroxylation is 1. The predicted octanol–water partition coefficient (Wildman–Crippen LogP) is 5.01. The fourth-order valence-electron chi connectivity index (χ4n) is 6.09. The molecule has 5 atom stereocenters. The van der Waals surface area contributed by atoms with Crippen LogP contribution in [0.3, 0.4) is 0 Å². The molecule has 152 valence electrons. The zero-order valence-corrected chi connectivity index (χ0v) is 17.5. The number of rotatable bonds is 4. The first-order valence-electron chi connectivity index (χ1n) is 11.2. The first-order valence-corrected chi connectivity index (χ1v) is 11.2. The van der Waals surface area contributed by atoms with Crippen LogP contribution in [0, 0.1) is 17.3 Å². The van der Waals surface area contributed by atoms with Gasteiger partial charge in [0.1, 0.15) is 5.75 Å². The van der Waals surface area contributed by atoms with E-state index in [0.29, 0.717) is 17.6 Å². The van der Waals surface area contributed by atoms with Crippen LogP contribution in [0.15, 0.2) is 18.2 Å². The molecule has 0 aromatic heterocycles. The van der Waals surface area contributed by atoms with Gasteiger partial charge in [0.15, 0.2) is 0 Å². The van der Waals surface area contributed by atoms with Gasteiger partial charge in [-0.3, -0.25) is 0 Å². The Hall–Kier alpha value is -1.06. The van der Waals surface area contributed by atoms with Gasteiger partial charge in [0.05, 0.1) is 6.10 Å². The fourth-order valence-corrected chi connectivity index (χ4v) is 6.09. The van der Waals surface area contributed by atoms with Crippen LogP contribution in [-0.4, -0.2) is 29.9 Å². The lowest BCUT2D eigenvalue weighted by atomic mass is 9.55. The highest BCUT2D eigenvalue weighted by molar-refractivity contribution is 5.40. The zero-order valence-electron chi connectivity index (χ0n) is 17.5. The molecule has 1 aromatic rings. The minimum absolute atomic E-state index is 0.0883. The first kappa shape index (κ1) is 20.7. The lowest BCUT2D eigenvalue weighted by Gasteiger charge is -2.50. The van der Waals surface area contributed by atoms with Crippen LogP contribution in [0.4, 0.5) is 0 Å². The van der Waals surface area contributed by atoms with E-state index in [0.717, 1.165) is 25.2 Å². The molecular formula is C24H39NO2. The number of aliphatic hydroxyl groups is 1. The van der Waals surface area contributed by atoms with Crippen LogP contribution in [-0.2, 0) is 6.42 Å². The summed E-state index contributed by atoms with van der Waals surface area (Å²) in [4.78, 5) is 0. The van der Waals surface area contributed by atoms with E-state index in [1.807, 2.05) is 19.2 Å². The normalized spacial score (nSPS) is 34.1. The number of hydrogen-bond acceptors (Lipinski definition) is 3. The number of aromatic hydroxyl groups is 1. The van der Waals surface area contributed by atoms with Gasteiger partial charge in [0, 0.05) is 0 Å². The maximum Gasteiger partial charge on any atom is 0.115 e. The molecule has 0 aliphatic heterocycles. The molecule has 0 saturated heterocycles. The van der Waals surface area contributed by atoms with Gasteiger partial charge in [-0.15, -0.1) is 0 Å². The summed E-state index contributed by atoms with van der Waals surface area (Å²) in [5.41, 5.74) is 2.99. The van der Waals surface area contributed by atoms with E-state index in [4.69, 9.17) is 0 Å². The van der Waals surface area contributed by atoms with Gasteiger partial charge in [-0.05, 0) is 105 Å². The Morgan fingerprint density at radius 1 is 1.15 bits per heavy atom. The lowest BCUT2D eigenvalue weighted by Crippen LogP contribution is -2.43. The van der Waals surface area contributed by atoms with Gasteiger partial charge in [-0.25, -0.2) is 0 Å². The van der Waals surface area contributed by atoms with Crippen molar-refractivity contribution in [2.24, 2.45) is 17.3 Å². The molecule has 2 saturated carbocycles. The second-order valence-electron chi connectivity index (χ2n) is 9.25. The summed E-state index contributed by atoms with van der Waals surface area (Å²) in [6.07, 6.45) is 10.8. The summed E-state index contributed by atoms with van der Waals surface area (Å²) in [5.74, 6) is 2.49. The van der Waals surface area contributed by atoms with Gasteiger partial charge < -0.3 is 15.5 Å². The molecule has 0 heterocycles. The number of phenols is 1. The van der Waals surface area contributed by atoms with Crippen molar-refractivity contribution in [1.82, 2.24) is 5.32 Å². The van der Waals surface area contributed by atoms with Crippen molar-refractivity contribution in [2.75, 3.05) is 13.6 Å². The molecule has 2 fully saturated rings. The summed E-state index contributed by atoms with van der Waals surface area (Å²) in [7, 11) is 2.00. The molecular weight excluding hydrogens is 334 g/mol. The average Bonchev–Trinajstić information content (AvgIpc) is 2.97. The van der Waals surface area contributed by atoms with Crippen molar-refractivity contribution >= 4 is 0 Å². The third-order valence-corrected chi connectivity index (χ3v) is 7.69. The lowest BCUT2D eigenvalue weighted by molar-refractivity contribution is -0.0226. The number of nitrogens with one attached hydrogen (secondary N) is 1. The summed E-state index contributed by atoms with van der Waals surface area (Å²) in [5, 5.41) is 23.2. The third kappa shape index (κ3) is 4.19. The molecule has 0 bridgehead atoms. The largest absolute Gasteiger partial charge is 0.508 e. The van der Waals surface area contributed by atoms with E-state index in [1.165, 1.54) is 56.2 Å². The molecule has 1 aromatic carbocycles. The highest BCUT2D eigenvalue weighted by Crippen LogP contribution is 2.60. The van der Waals surface area contributed by atoms with Gasteiger partial charge >= 0.3 is 0 Å². The quantitative estimate of drug-likeness (QED) is 0.651. The van der Waals surface area contributed by atoms with Crippen molar-refractivity contribution in [2.45, 2.75) is 83.7 Å². The van der Waals surface area contributed by atoms with Crippen LogP contribution < -0.4 is 5.32 Å². The molecule has 4 rings (SSSR count). The molecule has 3 heteroatoms. The van der Waals surface area contributed by atoms with Crippen molar-refractivity contribution < 1.29 is 10.2 Å². The van der Waals surface area contributed by atoms with E-state index >= 15 is 0 Å². The second-order valence-corrected chi connectivity index (χ2v) is 9.25. The van der Waals surface area contributed by atoms with Crippen LogP contribution in [0.2, 0.25) is 0 Å². The summed E-state index contributed by atoms with van der Waals surface area (Å²) >= 11 is 0. The zero-order chi connectivity index (χ0) is 19.4. The molecule has 3 aliphatic rings. The maximum atomic E-state index is 10.4. The van der Waals surface area contributed by atoms with Crippen LogP contribution in [0.1, 0.15) is 82.3 Å². The Morgan fingerprint density at radius 3 is 2.70 bits per heavy atom. The Labute approximate surface area is 165 Å². The second kappa shape index (κ2) is 8.96. The van der Waals surface area contributed by atoms with E-state index in [1.54, 1.807) is 0 Å². The highest BCUT2D eigenvalue weighted by Gasteiger charge is 2.54. The molecule has 0 radical (unpaired) electrons. The molecule has 0 spiro atoms. The van der Waals surface area contributed by atoms with Crippen molar-refractivity contribution in [3.63, 3.8) is 0 Å². The van der Waals surface area contributed by atoms with Crippen molar-refractivity contribution in [3.8, 4) is 5.75 Å². The number of aliphatic hydroxyl groups excluding tert-OH is 1. The predicted molar refractivity (Wildman–Crippen MR) is 112 cm³/mol. The molecule has 27 heavy (non-hydrogen) atoms. The fraction of sp³-hybridized carbons (Fsp3) is 0.750. The minimum Gasteiger partial charge on any atom is -0.508 e. The standard InChI is InChI=1S/C18H24O2.C6H15N/c1-18-9-8-14-13-5-3-12(19)10-11(13)2-4-15(14)16(18)6-7-17(18)20;1-3-4-5-6-7-2/h3,5,10,14-17,19-20H,2,4,6-9H2,1H3;7H,3-6H2,1-2H3. The van der Waals surface area contributed by atoms with Gasteiger partial charge in [-0.1, -0.05) is 32.8 Å². The maximum absolute atomic E-state index is 10.4. The first-order chi connectivity index (χ1) is 13.0. The molecule has 5 unspecified atom stereocenters.